The molecule has 11 N–H and O–H groups in total. The molecule has 3 rings (SSSR count). The molecule has 3 fully saturated rings. The molecule has 0 aromatic carbocycles. The smallest absolute Gasteiger partial charge is 0.187 e. The third kappa shape index (κ3) is 5.52. The van der Waals surface area contributed by atoms with E-state index in [2.05, 4.69) is 0 Å². The van der Waals surface area contributed by atoms with Gasteiger partial charge in [-0.1, -0.05) is 0 Å². The molecule has 0 radical (unpaired) electrons. The lowest BCUT2D eigenvalue weighted by atomic mass is 9.97. The minimum atomic E-state index is -1.88. The first-order chi connectivity index (χ1) is 16.0. The first-order valence-corrected chi connectivity index (χ1v) is 10.6. The van der Waals surface area contributed by atoms with Gasteiger partial charge in [0.2, 0.25) is 0 Å². The maximum absolute atomic E-state index is 10.3. The van der Waals surface area contributed by atoms with Gasteiger partial charge in [0.1, 0.15) is 73.2 Å². The average molecular weight is 504 g/mol. The fourth-order valence-electron chi connectivity index (χ4n) is 3.94. The van der Waals surface area contributed by atoms with Crippen LogP contribution in [0.25, 0.3) is 0 Å². The fourth-order valence-corrected chi connectivity index (χ4v) is 3.94. The maximum Gasteiger partial charge on any atom is 0.187 e. The van der Waals surface area contributed by atoms with Gasteiger partial charge < -0.3 is 79.9 Å². The molecule has 3 aliphatic heterocycles. The van der Waals surface area contributed by atoms with E-state index >= 15 is 0 Å². The minimum Gasteiger partial charge on any atom is -0.394 e. The molecule has 16 nitrogen and oxygen atoms in total. The van der Waals surface area contributed by atoms with Crippen LogP contribution >= 0.6 is 0 Å². The van der Waals surface area contributed by atoms with Crippen molar-refractivity contribution >= 4 is 0 Å². The Bertz CT molecular complexity index is 639. The quantitative estimate of drug-likeness (QED) is 0.154. The van der Waals surface area contributed by atoms with Gasteiger partial charge in [-0.15, -0.1) is 0 Å². The molecule has 0 aliphatic carbocycles. The van der Waals surface area contributed by atoms with Gasteiger partial charge in [-0.3, -0.25) is 0 Å². The van der Waals surface area contributed by atoms with Crippen molar-refractivity contribution in [2.75, 3.05) is 19.8 Å². The van der Waals surface area contributed by atoms with Crippen LogP contribution in [-0.4, -0.2) is 168 Å². The Morgan fingerprint density at radius 3 is 1.59 bits per heavy atom. The zero-order valence-electron chi connectivity index (χ0n) is 17.7. The first kappa shape index (κ1) is 27.9. The van der Waals surface area contributed by atoms with Crippen molar-refractivity contribution in [2.24, 2.45) is 0 Å². The van der Waals surface area contributed by atoms with Crippen molar-refractivity contribution in [3.8, 4) is 0 Å². The van der Waals surface area contributed by atoms with Crippen LogP contribution in [0.2, 0.25) is 0 Å². The van der Waals surface area contributed by atoms with Gasteiger partial charge >= 0.3 is 0 Å². The van der Waals surface area contributed by atoms with Crippen molar-refractivity contribution < 1.29 is 79.9 Å². The highest BCUT2D eigenvalue weighted by Gasteiger charge is 2.51. The Balaban J connectivity index is 1.66. The summed E-state index contributed by atoms with van der Waals surface area (Å²) in [5.74, 6) is 0. The van der Waals surface area contributed by atoms with Crippen LogP contribution in [0.1, 0.15) is 0 Å². The van der Waals surface area contributed by atoms with Crippen LogP contribution in [0, 0.1) is 0 Å². The number of hydrogen-bond donors (Lipinski definition) is 11. The normalized spacial score (nSPS) is 52.5. The van der Waals surface area contributed by atoms with Crippen LogP contribution < -0.4 is 0 Å². The predicted octanol–water partition coefficient (Wildman–Crippen LogP) is -7.57. The molecule has 0 amide bonds. The largest absolute Gasteiger partial charge is 0.394 e. The van der Waals surface area contributed by atoms with Crippen molar-refractivity contribution in [1.82, 2.24) is 0 Å². The lowest BCUT2D eigenvalue weighted by Crippen LogP contribution is -2.65. The Morgan fingerprint density at radius 1 is 0.500 bits per heavy atom. The first-order valence-electron chi connectivity index (χ1n) is 10.6. The third-order valence-corrected chi connectivity index (χ3v) is 6.07. The summed E-state index contributed by atoms with van der Waals surface area (Å²) in [7, 11) is 0. The van der Waals surface area contributed by atoms with Crippen molar-refractivity contribution in [3.05, 3.63) is 0 Å². The van der Waals surface area contributed by atoms with E-state index in [4.69, 9.17) is 23.7 Å². The molecule has 0 bridgehead atoms. The summed E-state index contributed by atoms with van der Waals surface area (Å²) >= 11 is 0. The van der Waals surface area contributed by atoms with Crippen molar-refractivity contribution in [1.29, 1.82) is 0 Å². The highest BCUT2D eigenvalue weighted by Crippen LogP contribution is 2.29. The highest BCUT2D eigenvalue weighted by molar-refractivity contribution is 4.94. The highest BCUT2D eigenvalue weighted by atomic mass is 16.7. The molecule has 0 saturated carbocycles. The van der Waals surface area contributed by atoms with Crippen LogP contribution in [-0.2, 0) is 23.7 Å². The monoisotopic (exact) mass is 504 g/mol. The van der Waals surface area contributed by atoms with Gasteiger partial charge in [-0.05, 0) is 0 Å². The van der Waals surface area contributed by atoms with Crippen LogP contribution in [0.4, 0.5) is 0 Å². The van der Waals surface area contributed by atoms with E-state index in [1.54, 1.807) is 0 Å². The molecular formula is C18H32O16. The minimum absolute atomic E-state index is 0.617. The lowest BCUT2D eigenvalue weighted by molar-refractivity contribution is -0.362. The standard InChI is InChI=1S/C18H32O16/c19-1-4-7(21)10(24)12(26)17(32-4)30-3-6-8(22)11(25)13(27)18(33-6)34-15-9(23)5(2-20)31-16(29)14(15)28/h4-29H,1-3H2/t4-,5-,6-,7+,8+,9+,10+,11+,12-,13-,14-,15+,16-,17-,18+/m1/s1. The average Bonchev–Trinajstić information content (AvgIpc) is 2.82. The van der Waals surface area contributed by atoms with Gasteiger partial charge in [0.15, 0.2) is 18.9 Å². The molecule has 200 valence electrons. The molecule has 3 aliphatic rings. The van der Waals surface area contributed by atoms with E-state index in [1.807, 2.05) is 0 Å². The van der Waals surface area contributed by atoms with E-state index < -0.39 is 112 Å². The number of hydrogen-bond acceptors (Lipinski definition) is 16. The SMILES string of the molecule is OC[C@H]1O[C@@H](OC[C@H]2O[C@@H](O[C@@H]3[C@@H](O)[C@H](O)O[C@H](CO)[C@@H]3O)[C@H](O)[C@@H](O)[C@H]2O)[C@H](O)[C@@H](O)[C@H]1O. The molecule has 15 atom stereocenters. The summed E-state index contributed by atoms with van der Waals surface area (Å²) < 4.78 is 26.1. The molecular weight excluding hydrogens is 472 g/mol. The molecule has 16 heteroatoms. The van der Waals surface area contributed by atoms with Gasteiger partial charge in [0.25, 0.3) is 0 Å². The van der Waals surface area contributed by atoms with Gasteiger partial charge in [0.05, 0.1) is 19.8 Å². The molecule has 0 spiro atoms. The number of rotatable bonds is 7. The van der Waals surface area contributed by atoms with Crippen LogP contribution in [0.3, 0.4) is 0 Å². The number of aliphatic hydroxyl groups excluding tert-OH is 11. The summed E-state index contributed by atoms with van der Waals surface area (Å²) in [4.78, 5) is 0. The number of ether oxygens (including phenoxy) is 5. The summed E-state index contributed by atoms with van der Waals surface area (Å²) in [5.41, 5.74) is 0. The Morgan fingerprint density at radius 2 is 1.00 bits per heavy atom. The van der Waals surface area contributed by atoms with E-state index in [1.165, 1.54) is 0 Å². The van der Waals surface area contributed by atoms with Gasteiger partial charge in [-0.25, -0.2) is 0 Å². The summed E-state index contributed by atoms with van der Waals surface area (Å²) in [6, 6.07) is 0. The summed E-state index contributed by atoms with van der Waals surface area (Å²) in [6.07, 6.45) is -25.0. The zero-order chi connectivity index (χ0) is 25.3. The Labute approximate surface area is 192 Å². The van der Waals surface area contributed by atoms with Gasteiger partial charge in [0, 0.05) is 0 Å². The molecule has 3 saturated heterocycles. The molecule has 34 heavy (non-hydrogen) atoms. The fraction of sp³-hybridized carbons (Fsp3) is 1.00. The van der Waals surface area contributed by atoms with E-state index in [0.29, 0.717) is 0 Å². The summed E-state index contributed by atoms with van der Waals surface area (Å²) in [5, 5.41) is 109. The molecule has 0 aromatic rings. The van der Waals surface area contributed by atoms with Crippen LogP contribution in [0.15, 0.2) is 0 Å². The molecule has 3 heterocycles. The third-order valence-electron chi connectivity index (χ3n) is 6.07. The molecule has 0 unspecified atom stereocenters. The van der Waals surface area contributed by atoms with Gasteiger partial charge in [-0.2, -0.15) is 0 Å². The molecule has 0 aromatic heterocycles. The Kier molecular flexibility index (Phi) is 9.54. The van der Waals surface area contributed by atoms with Crippen molar-refractivity contribution in [3.63, 3.8) is 0 Å². The second-order valence-electron chi connectivity index (χ2n) is 8.37. The lowest BCUT2D eigenvalue weighted by Gasteiger charge is -2.45. The van der Waals surface area contributed by atoms with Crippen LogP contribution in [0.5, 0.6) is 0 Å². The number of aliphatic hydroxyl groups is 11. The summed E-state index contributed by atoms with van der Waals surface area (Å²) in [6.45, 7) is -2.06. The zero-order valence-corrected chi connectivity index (χ0v) is 17.7. The maximum atomic E-state index is 10.3. The van der Waals surface area contributed by atoms with E-state index in [0.717, 1.165) is 0 Å². The van der Waals surface area contributed by atoms with E-state index in [9.17, 15) is 56.2 Å². The Hall–Kier alpha value is -0.640. The topological polar surface area (TPSA) is 269 Å². The van der Waals surface area contributed by atoms with E-state index in [-0.39, 0.29) is 0 Å². The van der Waals surface area contributed by atoms with Crippen molar-refractivity contribution in [2.45, 2.75) is 92.1 Å². The second-order valence-corrected chi connectivity index (χ2v) is 8.37. The predicted molar refractivity (Wildman–Crippen MR) is 101 cm³/mol. The second kappa shape index (κ2) is 11.6.